The molecule has 134 valence electrons. The first kappa shape index (κ1) is 18.3. The summed E-state index contributed by atoms with van der Waals surface area (Å²) in [6.07, 6.45) is 0. The Balaban J connectivity index is 1.70. The summed E-state index contributed by atoms with van der Waals surface area (Å²) in [5, 5.41) is 9.06. The van der Waals surface area contributed by atoms with Crippen LogP contribution in [0.3, 0.4) is 0 Å². The van der Waals surface area contributed by atoms with Crippen molar-refractivity contribution >= 4 is 39.5 Å². The number of quaternary nitrogens is 1. The minimum atomic E-state index is -0.540. The molecule has 3 rings (SSSR count). The maximum atomic E-state index is 12.4. The fraction of sp³-hybridized carbons (Fsp3) is 0.158. The Kier molecular flexibility index (Phi) is 5.82. The monoisotopic (exact) mass is 386 g/mol. The Morgan fingerprint density at radius 2 is 1.88 bits per heavy atom. The van der Waals surface area contributed by atoms with Crippen LogP contribution < -0.4 is 16.4 Å². The number of hydrogen-bond acceptors (Lipinski definition) is 4. The van der Waals surface area contributed by atoms with Crippen molar-refractivity contribution < 1.29 is 14.9 Å². The number of benzene rings is 1. The van der Waals surface area contributed by atoms with E-state index in [-0.39, 0.29) is 18.5 Å². The normalized spacial score (nSPS) is 11.9. The Morgan fingerprint density at radius 3 is 2.54 bits per heavy atom. The minimum Gasteiger partial charge on any atom is -0.366 e. The molecular formula is C19H20N3O2S2+. The van der Waals surface area contributed by atoms with Crippen LogP contribution in [0, 0.1) is 6.92 Å². The molecule has 0 aliphatic carbocycles. The first-order chi connectivity index (χ1) is 12.5. The van der Waals surface area contributed by atoms with Gasteiger partial charge in [-0.25, -0.2) is 0 Å². The number of nitrogens with one attached hydrogen (secondary N) is 1. The topological polar surface area (TPSA) is 88.8 Å². The Morgan fingerprint density at radius 1 is 1.12 bits per heavy atom. The predicted molar refractivity (Wildman–Crippen MR) is 106 cm³/mol. The molecule has 3 aromatic rings. The van der Waals surface area contributed by atoms with Gasteiger partial charge in [0, 0.05) is 5.56 Å². The fourth-order valence-electron chi connectivity index (χ4n) is 2.66. The molecule has 0 unspecified atom stereocenters. The molecule has 0 radical (unpaired) electrons. The van der Waals surface area contributed by atoms with E-state index in [0.717, 1.165) is 5.56 Å². The van der Waals surface area contributed by atoms with Crippen LogP contribution in [0.15, 0.2) is 53.2 Å². The van der Waals surface area contributed by atoms with Gasteiger partial charge >= 0.3 is 0 Å². The molecule has 0 aliphatic rings. The fourth-order valence-corrected chi connectivity index (χ4v) is 4.32. The quantitative estimate of drug-likeness (QED) is 0.582. The summed E-state index contributed by atoms with van der Waals surface area (Å²) in [5.74, 6) is -0.703. The number of primary amides is 1. The van der Waals surface area contributed by atoms with Crippen molar-refractivity contribution in [3.63, 3.8) is 0 Å². The van der Waals surface area contributed by atoms with Crippen molar-refractivity contribution in [3.8, 4) is 0 Å². The average molecular weight is 387 g/mol. The van der Waals surface area contributed by atoms with E-state index in [1.807, 2.05) is 16.8 Å². The zero-order valence-electron chi connectivity index (χ0n) is 14.3. The maximum Gasteiger partial charge on any atom is 0.280 e. The number of thiophene rings is 2. The summed E-state index contributed by atoms with van der Waals surface area (Å²) < 4.78 is 0. The van der Waals surface area contributed by atoms with Gasteiger partial charge in [0.1, 0.15) is 11.0 Å². The smallest absolute Gasteiger partial charge is 0.280 e. The number of nitrogens with two attached hydrogens (primary N) is 2. The first-order valence-electron chi connectivity index (χ1n) is 8.15. The lowest BCUT2D eigenvalue weighted by atomic mass is 10.0. The molecule has 0 aliphatic heterocycles. The van der Waals surface area contributed by atoms with Crippen LogP contribution in [-0.4, -0.2) is 18.4 Å². The molecule has 1 atom stereocenters. The van der Waals surface area contributed by atoms with Gasteiger partial charge in [0.2, 0.25) is 0 Å². The van der Waals surface area contributed by atoms with Crippen molar-refractivity contribution in [1.29, 1.82) is 0 Å². The second-order valence-corrected chi connectivity index (χ2v) is 7.81. The molecule has 0 bridgehead atoms. The molecule has 0 saturated carbocycles. The van der Waals surface area contributed by atoms with Crippen LogP contribution in [0.2, 0.25) is 0 Å². The zero-order chi connectivity index (χ0) is 18.5. The molecule has 5 nitrogen and oxygen atoms in total. The molecule has 0 spiro atoms. The van der Waals surface area contributed by atoms with Crippen LogP contribution in [0.4, 0.5) is 5.00 Å². The number of carbonyl (C=O) groups is 2. The standard InChI is InChI=1S/C19H19N3O2S2/c1-12-4-6-13(7-5-12)17(15-3-2-9-25-15)21-11-16(23)22-19-14(18(20)24)8-10-26-19/h2-10,17,21H,11H2,1H3,(H2,20,24)(H,22,23)/p+1/t17-/m1/s1. The summed E-state index contributed by atoms with van der Waals surface area (Å²) in [7, 11) is 0. The lowest BCUT2D eigenvalue weighted by molar-refractivity contribution is -0.675. The van der Waals surface area contributed by atoms with Crippen LogP contribution in [-0.2, 0) is 4.79 Å². The predicted octanol–water partition coefficient (Wildman–Crippen LogP) is 2.51. The SMILES string of the molecule is Cc1ccc([C@@H]([NH2+]CC(=O)Nc2sccc2C(N)=O)c2cccs2)cc1. The Hall–Kier alpha value is -2.48. The van der Waals surface area contributed by atoms with Crippen LogP contribution in [0.1, 0.15) is 32.4 Å². The lowest BCUT2D eigenvalue weighted by Crippen LogP contribution is -2.87. The third-order valence-corrected chi connectivity index (χ3v) is 5.79. The number of aryl methyl sites for hydroxylation is 1. The van der Waals surface area contributed by atoms with Gasteiger partial charge in [-0.15, -0.1) is 22.7 Å². The van der Waals surface area contributed by atoms with Gasteiger partial charge in [0.05, 0.1) is 10.4 Å². The van der Waals surface area contributed by atoms with E-state index in [9.17, 15) is 9.59 Å². The molecule has 5 N–H and O–H groups in total. The number of hydrogen-bond donors (Lipinski definition) is 3. The molecule has 2 heterocycles. The largest absolute Gasteiger partial charge is 0.366 e. The van der Waals surface area contributed by atoms with Crippen LogP contribution in [0.25, 0.3) is 0 Å². The molecule has 2 aromatic heterocycles. The molecule has 1 aromatic carbocycles. The number of anilines is 1. The third kappa shape index (κ3) is 4.37. The highest BCUT2D eigenvalue weighted by Gasteiger charge is 2.21. The van der Waals surface area contributed by atoms with Gasteiger partial charge in [0.15, 0.2) is 6.54 Å². The van der Waals surface area contributed by atoms with E-state index in [1.54, 1.807) is 22.8 Å². The van der Waals surface area contributed by atoms with Crippen LogP contribution >= 0.6 is 22.7 Å². The molecule has 0 saturated heterocycles. The summed E-state index contributed by atoms with van der Waals surface area (Å²) in [6, 6.07) is 14.1. The van der Waals surface area contributed by atoms with Gasteiger partial charge < -0.3 is 16.4 Å². The van der Waals surface area contributed by atoms with Crippen molar-refractivity contribution in [2.24, 2.45) is 5.73 Å². The molecule has 7 heteroatoms. The maximum absolute atomic E-state index is 12.4. The number of carbonyl (C=O) groups excluding carboxylic acids is 2. The highest BCUT2D eigenvalue weighted by Crippen LogP contribution is 2.24. The highest BCUT2D eigenvalue weighted by atomic mass is 32.1. The zero-order valence-corrected chi connectivity index (χ0v) is 15.9. The first-order valence-corrected chi connectivity index (χ1v) is 9.91. The van der Waals surface area contributed by atoms with Crippen LogP contribution in [0.5, 0.6) is 0 Å². The summed E-state index contributed by atoms with van der Waals surface area (Å²) in [4.78, 5) is 24.9. The van der Waals surface area contributed by atoms with E-state index < -0.39 is 5.91 Å². The summed E-state index contributed by atoms with van der Waals surface area (Å²) in [6.45, 7) is 2.30. The summed E-state index contributed by atoms with van der Waals surface area (Å²) in [5.41, 5.74) is 8.02. The van der Waals surface area contributed by atoms with Gasteiger partial charge in [-0.05, 0) is 29.8 Å². The Labute approximate surface area is 159 Å². The number of rotatable bonds is 7. The number of amides is 2. The average Bonchev–Trinajstić information content (AvgIpc) is 3.28. The third-order valence-electron chi connectivity index (χ3n) is 4.01. The van der Waals surface area contributed by atoms with E-state index in [1.165, 1.54) is 21.8 Å². The Bertz CT molecular complexity index is 886. The second-order valence-electron chi connectivity index (χ2n) is 5.92. The molecule has 2 amide bonds. The molecule has 26 heavy (non-hydrogen) atoms. The van der Waals surface area contributed by atoms with E-state index in [0.29, 0.717) is 10.6 Å². The second kappa shape index (κ2) is 8.27. The summed E-state index contributed by atoms with van der Waals surface area (Å²) >= 11 is 2.96. The van der Waals surface area contributed by atoms with Crippen molar-refractivity contribution in [2.45, 2.75) is 13.0 Å². The molecular weight excluding hydrogens is 366 g/mol. The van der Waals surface area contributed by atoms with Gasteiger partial charge in [0.25, 0.3) is 11.8 Å². The minimum absolute atomic E-state index is 0.0558. The van der Waals surface area contributed by atoms with Gasteiger partial charge in [-0.1, -0.05) is 35.9 Å². The van der Waals surface area contributed by atoms with E-state index in [2.05, 4.69) is 42.6 Å². The highest BCUT2D eigenvalue weighted by molar-refractivity contribution is 7.14. The van der Waals surface area contributed by atoms with Crippen molar-refractivity contribution in [2.75, 3.05) is 11.9 Å². The van der Waals surface area contributed by atoms with Crippen molar-refractivity contribution in [3.05, 3.63) is 74.8 Å². The van der Waals surface area contributed by atoms with E-state index >= 15 is 0 Å². The van der Waals surface area contributed by atoms with Gasteiger partial charge in [-0.2, -0.15) is 0 Å². The van der Waals surface area contributed by atoms with E-state index in [4.69, 9.17) is 5.73 Å². The lowest BCUT2D eigenvalue weighted by Gasteiger charge is -2.15. The molecule has 0 fully saturated rings. The van der Waals surface area contributed by atoms with Crippen molar-refractivity contribution in [1.82, 2.24) is 0 Å². The van der Waals surface area contributed by atoms with Gasteiger partial charge in [-0.3, -0.25) is 9.59 Å².